The average molecular weight is 242 g/mol. The van der Waals surface area contributed by atoms with Gasteiger partial charge in [-0.15, -0.1) is 0 Å². The number of nitrogens with zero attached hydrogens (tertiary/aromatic N) is 1. The second-order valence-electron chi connectivity index (χ2n) is 4.60. The lowest BCUT2D eigenvalue weighted by molar-refractivity contribution is -0.148. The Bertz CT molecular complexity index is 340. The van der Waals surface area contributed by atoms with Gasteiger partial charge in [0.2, 0.25) is 0 Å². The van der Waals surface area contributed by atoms with E-state index in [1.807, 2.05) is 0 Å². The van der Waals surface area contributed by atoms with E-state index < -0.39 is 29.7 Å². The number of hydrogen-bond acceptors (Lipinski definition) is 3. The number of carbonyl (C=O) groups is 3. The van der Waals surface area contributed by atoms with Gasteiger partial charge in [0.15, 0.2) is 0 Å². The summed E-state index contributed by atoms with van der Waals surface area (Å²) in [4.78, 5) is 35.5. The molecule has 6 heteroatoms. The number of carbonyl (C=O) groups excluding carboxylic acids is 2. The first kappa shape index (κ1) is 13.5. The molecule has 1 aliphatic rings. The lowest BCUT2D eigenvalue weighted by Crippen LogP contribution is -2.47. The van der Waals surface area contributed by atoms with Crippen LogP contribution >= 0.6 is 0 Å². The maximum absolute atomic E-state index is 11.8. The number of likely N-dealkylation sites (tertiary alicyclic amines) is 1. The molecule has 1 unspecified atom stereocenters. The summed E-state index contributed by atoms with van der Waals surface area (Å²) in [6.45, 7) is 5.51. The Labute approximate surface area is 100.0 Å². The van der Waals surface area contributed by atoms with Gasteiger partial charge in [0.05, 0.1) is 5.92 Å². The lowest BCUT2D eigenvalue weighted by atomic mass is 10.0. The molecule has 1 fully saturated rings. The van der Waals surface area contributed by atoms with Gasteiger partial charge in [-0.05, 0) is 27.2 Å². The molecule has 0 saturated carbocycles. The predicted molar refractivity (Wildman–Crippen MR) is 60.2 cm³/mol. The van der Waals surface area contributed by atoms with Gasteiger partial charge in [-0.1, -0.05) is 0 Å². The fourth-order valence-corrected chi connectivity index (χ4v) is 2.01. The van der Waals surface area contributed by atoms with E-state index in [4.69, 9.17) is 5.11 Å². The molecule has 0 bridgehead atoms. The zero-order valence-corrected chi connectivity index (χ0v) is 10.3. The molecule has 0 spiro atoms. The number of nitrogens with one attached hydrogen (secondary N) is 1. The lowest BCUT2D eigenvalue weighted by Gasteiger charge is -2.23. The summed E-state index contributed by atoms with van der Waals surface area (Å²) in [5, 5.41) is 11.4. The quantitative estimate of drug-likeness (QED) is 0.658. The minimum absolute atomic E-state index is 0.111. The van der Waals surface area contributed by atoms with E-state index in [1.54, 1.807) is 20.8 Å². The number of carboxylic acids is 1. The molecule has 2 amide bonds. The van der Waals surface area contributed by atoms with Gasteiger partial charge >= 0.3 is 17.8 Å². The molecule has 1 aliphatic heterocycles. The molecule has 0 aromatic carbocycles. The number of rotatable bonds is 2. The van der Waals surface area contributed by atoms with Crippen molar-refractivity contribution in [3.8, 4) is 0 Å². The van der Waals surface area contributed by atoms with Crippen LogP contribution in [0.1, 0.15) is 27.2 Å². The Balaban J connectivity index is 2.66. The van der Waals surface area contributed by atoms with E-state index in [9.17, 15) is 14.4 Å². The fourth-order valence-electron chi connectivity index (χ4n) is 2.01. The molecule has 1 heterocycles. The number of aliphatic carboxylic acids is 1. The third kappa shape index (κ3) is 2.95. The van der Waals surface area contributed by atoms with Crippen molar-refractivity contribution in [3.63, 3.8) is 0 Å². The number of carboxylic acid groups (broad SMARTS) is 1. The van der Waals surface area contributed by atoms with Crippen LogP contribution in [-0.4, -0.2) is 46.4 Å². The van der Waals surface area contributed by atoms with E-state index in [1.165, 1.54) is 4.90 Å². The van der Waals surface area contributed by atoms with E-state index >= 15 is 0 Å². The van der Waals surface area contributed by atoms with Gasteiger partial charge in [-0.2, -0.15) is 0 Å². The average Bonchev–Trinajstić information content (AvgIpc) is 2.57. The molecule has 1 saturated heterocycles. The fraction of sp³-hybridized carbons (Fsp3) is 0.727. The normalized spacial score (nSPS) is 23.9. The zero-order chi connectivity index (χ0) is 13.2. The van der Waals surface area contributed by atoms with Gasteiger partial charge in [0.25, 0.3) is 0 Å². The second-order valence-corrected chi connectivity index (χ2v) is 4.60. The van der Waals surface area contributed by atoms with Crippen LogP contribution in [0.5, 0.6) is 0 Å². The Morgan fingerprint density at radius 3 is 2.35 bits per heavy atom. The molecule has 96 valence electrons. The highest BCUT2D eigenvalue weighted by Gasteiger charge is 2.39. The molecule has 2 N–H and O–H groups in total. The van der Waals surface area contributed by atoms with E-state index in [2.05, 4.69) is 5.32 Å². The number of amides is 2. The summed E-state index contributed by atoms with van der Waals surface area (Å²) in [7, 11) is 0. The largest absolute Gasteiger partial charge is 0.481 e. The summed E-state index contributed by atoms with van der Waals surface area (Å²) in [5.74, 6) is -2.81. The van der Waals surface area contributed by atoms with Crippen molar-refractivity contribution in [3.05, 3.63) is 0 Å². The molecule has 1 rings (SSSR count). The molecule has 0 aromatic heterocycles. The van der Waals surface area contributed by atoms with Gasteiger partial charge < -0.3 is 15.3 Å². The Morgan fingerprint density at radius 2 is 1.94 bits per heavy atom. The van der Waals surface area contributed by atoms with Crippen LogP contribution in [0.3, 0.4) is 0 Å². The van der Waals surface area contributed by atoms with Gasteiger partial charge in [0, 0.05) is 18.6 Å². The number of hydrogen-bond donors (Lipinski definition) is 2. The first-order valence-corrected chi connectivity index (χ1v) is 5.68. The zero-order valence-electron chi connectivity index (χ0n) is 10.3. The monoisotopic (exact) mass is 242 g/mol. The Hall–Kier alpha value is -1.59. The molecule has 17 heavy (non-hydrogen) atoms. The SMILES string of the molecule is CC(C)NC(=O)C(=O)N1CCC(C(=O)O)[C@@H]1C. The third-order valence-corrected chi connectivity index (χ3v) is 2.95. The standard InChI is InChI=1S/C11H18N2O4/c1-6(2)12-9(14)10(15)13-5-4-8(7(13)3)11(16)17/h6-8H,4-5H2,1-3H3,(H,12,14)(H,16,17)/t7-,8?/m0/s1. The van der Waals surface area contributed by atoms with Crippen molar-refractivity contribution in [2.24, 2.45) is 5.92 Å². The smallest absolute Gasteiger partial charge is 0.312 e. The van der Waals surface area contributed by atoms with Crippen LogP contribution in [0.2, 0.25) is 0 Å². The molecular weight excluding hydrogens is 224 g/mol. The van der Waals surface area contributed by atoms with Crippen molar-refractivity contribution >= 4 is 17.8 Å². The third-order valence-electron chi connectivity index (χ3n) is 2.95. The second kappa shape index (κ2) is 5.16. The summed E-state index contributed by atoms with van der Waals surface area (Å²) in [5.41, 5.74) is 0. The highest BCUT2D eigenvalue weighted by atomic mass is 16.4. The van der Waals surface area contributed by atoms with E-state index in [0.717, 1.165) is 0 Å². The van der Waals surface area contributed by atoms with E-state index in [0.29, 0.717) is 13.0 Å². The maximum Gasteiger partial charge on any atom is 0.312 e. The topological polar surface area (TPSA) is 86.7 Å². The van der Waals surface area contributed by atoms with Crippen molar-refractivity contribution in [1.29, 1.82) is 0 Å². The summed E-state index contributed by atoms with van der Waals surface area (Å²) >= 11 is 0. The predicted octanol–water partition coefficient (Wildman–Crippen LogP) is -0.167. The van der Waals surface area contributed by atoms with Gasteiger partial charge in [0.1, 0.15) is 0 Å². The molecule has 0 aliphatic carbocycles. The Kier molecular flexibility index (Phi) is 4.09. The maximum atomic E-state index is 11.8. The van der Waals surface area contributed by atoms with Gasteiger partial charge in [-0.25, -0.2) is 0 Å². The Morgan fingerprint density at radius 1 is 1.35 bits per heavy atom. The van der Waals surface area contributed by atoms with Crippen molar-refractivity contribution in [1.82, 2.24) is 10.2 Å². The van der Waals surface area contributed by atoms with Crippen molar-refractivity contribution in [2.75, 3.05) is 6.54 Å². The van der Waals surface area contributed by atoms with Crippen LogP contribution in [0.4, 0.5) is 0 Å². The van der Waals surface area contributed by atoms with Crippen LogP contribution in [-0.2, 0) is 14.4 Å². The first-order valence-electron chi connectivity index (χ1n) is 5.68. The van der Waals surface area contributed by atoms with Crippen molar-refractivity contribution in [2.45, 2.75) is 39.3 Å². The molecule has 0 aromatic rings. The highest BCUT2D eigenvalue weighted by Crippen LogP contribution is 2.24. The van der Waals surface area contributed by atoms with Crippen LogP contribution in [0.15, 0.2) is 0 Å². The van der Waals surface area contributed by atoms with Crippen molar-refractivity contribution < 1.29 is 19.5 Å². The first-order chi connectivity index (χ1) is 7.84. The van der Waals surface area contributed by atoms with Crippen LogP contribution < -0.4 is 5.32 Å². The highest BCUT2D eigenvalue weighted by molar-refractivity contribution is 6.35. The summed E-state index contributed by atoms with van der Waals surface area (Å²) in [6.07, 6.45) is 0.400. The molecule has 6 nitrogen and oxygen atoms in total. The van der Waals surface area contributed by atoms with Crippen LogP contribution in [0.25, 0.3) is 0 Å². The molecular formula is C11H18N2O4. The van der Waals surface area contributed by atoms with Gasteiger partial charge in [-0.3, -0.25) is 14.4 Å². The molecule has 0 radical (unpaired) electrons. The minimum atomic E-state index is -0.919. The summed E-state index contributed by atoms with van der Waals surface area (Å²) in [6, 6.07) is -0.544. The minimum Gasteiger partial charge on any atom is -0.481 e. The molecule has 2 atom stereocenters. The van der Waals surface area contributed by atoms with E-state index in [-0.39, 0.29) is 6.04 Å². The summed E-state index contributed by atoms with van der Waals surface area (Å²) < 4.78 is 0. The van der Waals surface area contributed by atoms with Crippen LogP contribution in [0, 0.1) is 5.92 Å².